The van der Waals surface area contributed by atoms with E-state index >= 15 is 0 Å². The van der Waals surface area contributed by atoms with E-state index in [1.54, 1.807) is 29.2 Å². The maximum Gasteiger partial charge on any atom is 0.291 e. The van der Waals surface area contributed by atoms with Gasteiger partial charge in [-0.15, -0.1) is 11.7 Å². The molecule has 10 heteroatoms. The average Bonchev–Trinajstić information content (AvgIpc) is 3.34. The number of carbonyl (C=O) groups excluding carboxylic acids is 1. The molecule has 5 rings (SSSR count). The normalized spacial score (nSPS) is 15.1. The number of amides is 1. The van der Waals surface area contributed by atoms with Gasteiger partial charge < -0.3 is 4.90 Å². The van der Waals surface area contributed by atoms with Crippen molar-refractivity contribution in [3.63, 3.8) is 0 Å². The highest BCUT2D eigenvalue weighted by Crippen LogP contribution is 2.37. The molecule has 0 radical (unpaired) electrons. The maximum atomic E-state index is 13.2. The van der Waals surface area contributed by atoms with Crippen LogP contribution in [0.15, 0.2) is 58.3 Å². The van der Waals surface area contributed by atoms with Crippen molar-refractivity contribution in [2.45, 2.75) is 0 Å². The Bertz CT molecular complexity index is 1530. The number of nitrogens with zero attached hydrogens (tertiary/aromatic N) is 4. The minimum atomic E-state index is -0.404. The molecule has 0 bridgehead atoms. The Morgan fingerprint density at radius 2 is 1.94 bits per heavy atom. The zero-order valence-corrected chi connectivity index (χ0v) is 19.5. The van der Waals surface area contributed by atoms with Crippen LogP contribution in [-0.4, -0.2) is 27.0 Å². The molecule has 0 aliphatic carbocycles. The van der Waals surface area contributed by atoms with Gasteiger partial charge in [-0.2, -0.15) is 9.50 Å². The van der Waals surface area contributed by atoms with Gasteiger partial charge in [-0.1, -0.05) is 56.5 Å². The van der Waals surface area contributed by atoms with Gasteiger partial charge in [-0.25, -0.2) is 0 Å². The summed E-state index contributed by atoms with van der Waals surface area (Å²) in [4.78, 5) is 32.8. The van der Waals surface area contributed by atoms with Crippen molar-refractivity contribution in [3.8, 4) is 11.4 Å². The van der Waals surface area contributed by atoms with Crippen LogP contribution in [0, 0.1) is 0 Å². The lowest BCUT2D eigenvalue weighted by Crippen LogP contribution is -2.32. The van der Waals surface area contributed by atoms with Crippen molar-refractivity contribution >= 4 is 72.6 Å². The standard InChI is InChI=1S/C21H11BrCl2N4O2S/c1-2-7-27-15-6-3-10(22)8-13(15)16(19(27)29)17-20(30)28-21(31-17)25-18(26-28)12-5-4-11(23)9-14(12)24/h2-6,8-9H,1,7H2. The highest BCUT2D eigenvalue weighted by atomic mass is 79.9. The number of halogens is 3. The van der Waals surface area contributed by atoms with Gasteiger partial charge >= 0.3 is 0 Å². The quantitative estimate of drug-likeness (QED) is 0.367. The number of carbonyl (C=O) groups is 1. The molecule has 0 unspecified atom stereocenters. The predicted molar refractivity (Wildman–Crippen MR) is 127 cm³/mol. The Labute approximate surface area is 198 Å². The molecule has 6 nitrogen and oxygen atoms in total. The minimum Gasteiger partial charge on any atom is -0.304 e. The fourth-order valence-electron chi connectivity index (χ4n) is 3.50. The first-order chi connectivity index (χ1) is 14.9. The number of hydrogen-bond acceptors (Lipinski definition) is 5. The van der Waals surface area contributed by atoms with Gasteiger partial charge in [0.05, 0.1) is 16.3 Å². The molecule has 1 amide bonds. The Balaban J connectivity index is 1.74. The molecule has 3 heterocycles. The lowest BCUT2D eigenvalue weighted by Gasteiger charge is -2.14. The van der Waals surface area contributed by atoms with E-state index < -0.39 is 5.56 Å². The molecule has 0 saturated heterocycles. The van der Waals surface area contributed by atoms with Crippen LogP contribution in [0.25, 0.3) is 21.9 Å². The molecule has 0 atom stereocenters. The summed E-state index contributed by atoms with van der Waals surface area (Å²) in [5, 5.41) is 5.21. The average molecular weight is 534 g/mol. The largest absolute Gasteiger partial charge is 0.304 e. The molecule has 31 heavy (non-hydrogen) atoms. The van der Waals surface area contributed by atoms with Crippen LogP contribution in [-0.2, 0) is 4.79 Å². The van der Waals surface area contributed by atoms with Crippen molar-refractivity contribution in [2.24, 2.45) is 0 Å². The van der Waals surface area contributed by atoms with Gasteiger partial charge in [-0.05, 0) is 36.4 Å². The number of hydrogen-bond donors (Lipinski definition) is 0. The molecule has 1 aliphatic rings. The Hall–Kier alpha value is -2.52. The van der Waals surface area contributed by atoms with Gasteiger partial charge in [0, 0.05) is 27.2 Å². The predicted octanol–water partition coefficient (Wildman–Crippen LogP) is 4.34. The van der Waals surface area contributed by atoms with Crippen molar-refractivity contribution in [1.82, 2.24) is 14.6 Å². The monoisotopic (exact) mass is 532 g/mol. The second kappa shape index (κ2) is 7.56. The smallest absolute Gasteiger partial charge is 0.291 e. The first-order valence-electron chi connectivity index (χ1n) is 9.01. The number of rotatable bonds is 3. The van der Waals surface area contributed by atoms with Crippen LogP contribution in [0.4, 0.5) is 5.69 Å². The Kier molecular flexibility index (Phi) is 4.97. The fourth-order valence-corrected chi connectivity index (χ4v) is 5.36. The molecule has 4 aromatic rings. The van der Waals surface area contributed by atoms with E-state index in [0.29, 0.717) is 48.6 Å². The van der Waals surface area contributed by atoms with E-state index in [1.165, 1.54) is 4.52 Å². The molecule has 0 saturated carbocycles. The summed E-state index contributed by atoms with van der Waals surface area (Å²) in [6, 6.07) is 10.5. The van der Waals surface area contributed by atoms with Gasteiger partial charge in [0.25, 0.3) is 11.5 Å². The molecule has 2 aromatic heterocycles. The minimum absolute atomic E-state index is 0.254. The summed E-state index contributed by atoms with van der Waals surface area (Å²) in [6.07, 6.45) is 1.65. The van der Waals surface area contributed by atoms with Crippen LogP contribution in [0.1, 0.15) is 5.56 Å². The topological polar surface area (TPSA) is 67.6 Å². The van der Waals surface area contributed by atoms with Crippen LogP contribution in [0.2, 0.25) is 10.0 Å². The molecule has 2 aromatic carbocycles. The summed E-state index contributed by atoms with van der Waals surface area (Å²) in [5.41, 5.74) is 1.92. The molecule has 0 N–H and O–H groups in total. The second-order valence-corrected chi connectivity index (χ2v) is 9.47. The van der Waals surface area contributed by atoms with E-state index in [9.17, 15) is 9.59 Å². The molecule has 0 spiro atoms. The third kappa shape index (κ3) is 3.22. The molecule has 154 valence electrons. The van der Waals surface area contributed by atoms with E-state index in [4.69, 9.17) is 23.2 Å². The van der Waals surface area contributed by atoms with E-state index in [1.807, 2.05) is 18.2 Å². The van der Waals surface area contributed by atoms with Crippen molar-refractivity contribution in [1.29, 1.82) is 0 Å². The fraction of sp³-hybridized carbons (Fsp3) is 0.0476. The van der Waals surface area contributed by atoms with E-state index in [-0.39, 0.29) is 5.91 Å². The Morgan fingerprint density at radius 3 is 2.65 bits per heavy atom. The van der Waals surface area contributed by atoms with Crippen LogP contribution >= 0.6 is 50.5 Å². The van der Waals surface area contributed by atoms with Crippen molar-refractivity contribution in [3.05, 3.63) is 84.0 Å². The number of benzene rings is 2. The van der Waals surface area contributed by atoms with Crippen molar-refractivity contribution in [2.75, 3.05) is 11.4 Å². The third-order valence-electron chi connectivity index (χ3n) is 4.85. The number of aromatic nitrogens is 3. The number of anilines is 1. The summed E-state index contributed by atoms with van der Waals surface area (Å²) in [7, 11) is 0. The highest BCUT2D eigenvalue weighted by Gasteiger charge is 2.34. The molecular weight excluding hydrogens is 523 g/mol. The highest BCUT2D eigenvalue weighted by molar-refractivity contribution is 9.10. The molecule has 0 fully saturated rings. The summed E-state index contributed by atoms with van der Waals surface area (Å²) >= 11 is 16.8. The lowest BCUT2D eigenvalue weighted by molar-refractivity contribution is -0.112. The van der Waals surface area contributed by atoms with Crippen molar-refractivity contribution < 1.29 is 4.79 Å². The maximum absolute atomic E-state index is 13.2. The van der Waals surface area contributed by atoms with Gasteiger partial charge in [0.15, 0.2) is 5.82 Å². The Morgan fingerprint density at radius 1 is 1.13 bits per heavy atom. The molecule has 1 aliphatic heterocycles. The van der Waals surface area contributed by atoms with Crippen LogP contribution in [0.3, 0.4) is 0 Å². The first-order valence-corrected chi connectivity index (χ1v) is 11.4. The number of fused-ring (bicyclic) bond motifs is 2. The summed E-state index contributed by atoms with van der Waals surface area (Å²) in [5.74, 6) is 0.0614. The molecular formula is C21H11BrCl2N4O2S. The van der Waals surface area contributed by atoms with Crippen LogP contribution in [0.5, 0.6) is 0 Å². The second-order valence-electron chi connectivity index (χ2n) is 6.73. The zero-order chi connectivity index (χ0) is 21.9. The number of thiazole rings is 1. The lowest BCUT2D eigenvalue weighted by atomic mass is 10.1. The SMILES string of the molecule is C=CCN1C(=O)C(=c2sc3nc(-c4ccc(Cl)cc4Cl)nn3c2=O)c2cc(Br)ccc21. The third-order valence-corrected chi connectivity index (χ3v) is 6.92. The van der Waals surface area contributed by atoms with Gasteiger partial charge in [0.2, 0.25) is 4.96 Å². The van der Waals surface area contributed by atoms with Gasteiger partial charge in [-0.3, -0.25) is 9.59 Å². The summed E-state index contributed by atoms with van der Waals surface area (Å²) < 4.78 is 2.30. The van der Waals surface area contributed by atoms with E-state index in [0.717, 1.165) is 21.5 Å². The summed E-state index contributed by atoms with van der Waals surface area (Å²) in [6.45, 7) is 4.07. The van der Waals surface area contributed by atoms with Gasteiger partial charge in [0.1, 0.15) is 4.53 Å². The van der Waals surface area contributed by atoms with Crippen LogP contribution < -0.4 is 15.0 Å². The van der Waals surface area contributed by atoms with E-state index in [2.05, 4.69) is 32.6 Å². The first kappa shape index (κ1) is 20.4. The zero-order valence-electron chi connectivity index (χ0n) is 15.6.